The lowest BCUT2D eigenvalue weighted by atomic mass is 9.93. The first-order chi connectivity index (χ1) is 15.2. The van der Waals surface area contributed by atoms with Gasteiger partial charge in [0.1, 0.15) is 11.4 Å². The van der Waals surface area contributed by atoms with Gasteiger partial charge in [-0.15, -0.1) is 10.2 Å². The van der Waals surface area contributed by atoms with Gasteiger partial charge in [-0.3, -0.25) is 0 Å². The molecule has 0 radical (unpaired) electrons. The molecule has 0 saturated heterocycles. The second-order valence-electron chi connectivity index (χ2n) is 7.53. The zero-order chi connectivity index (χ0) is 22.5. The van der Waals surface area contributed by atoms with E-state index in [1.54, 1.807) is 6.20 Å². The Morgan fingerprint density at radius 1 is 0.871 bits per heavy atom. The fraction of sp³-hybridized carbons (Fsp3) is 0.423. The lowest BCUT2D eigenvalue weighted by molar-refractivity contribution is 0.464. The maximum Gasteiger partial charge on any atom is 0.119 e. The van der Waals surface area contributed by atoms with E-state index in [1.807, 2.05) is 43.4 Å². The Morgan fingerprint density at radius 3 is 2.29 bits per heavy atom. The summed E-state index contributed by atoms with van der Waals surface area (Å²) >= 11 is 0. The number of aromatic hydroxyl groups is 1. The van der Waals surface area contributed by atoms with Crippen LogP contribution in [0.15, 0.2) is 48.7 Å². The van der Waals surface area contributed by atoms with Crippen molar-refractivity contribution < 1.29 is 5.11 Å². The molecule has 0 spiro atoms. The third-order valence-electron chi connectivity index (χ3n) is 5.47. The molecule has 0 saturated carbocycles. The minimum Gasteiger partial charge on any atom is -0.508 e. The summed E-state index contributed by atoms with van der Waals surface area (Å²) in [5, 5.41) is 24.4. The molecule has 5 nitrogen and oxygen atoms in total. The van der Waals surface area contributed by atoms with Crippen LogP contribution in [0.3, 0.4) is 0 Å². The van der Waals surface area contributed by atoms with Gasteiger partial charge in [0.05, 0.1) is 11.9 Å². The fourth-order valence-corrected chi connectivity index (χ4v) is 3.77. The molecule has 0 aliphatic heterocycles. The number of nitrogens with one attached hydrogen (secondary N) is 1. The van der Waals surface area contributed by atoms with Crippen molar-refractivity contribution in [3.8, 4) is 17.0 Å². The molecule has 5 heteroatoms. The van der Waals surface area contributed by atoms with Crippen molar-refractivity contribution in [2.45, 2.75) is 65.7 Å². The molecule has 3 rings (SSSR count). The van der Waals surface area contributed by atoms with Crippen LogP contribution in [0, 0.1) is 0 Å². The third kappa shape index (κ3) is 7.06. The van der Waals surface area contributed by atoms with E-state index in [-0.39, 0.29) is 0 Å². The molecule has 0 bridgehead atoms. The van der Waals surface area contributed by atoms with Crippen molar-refractivity contribution >= 4 is 5.69 Å². The standard InChI is InChI=1S/C16H26O.C10H10N4/c1-4-7-8-9-10-15-14(6-3)13(5-2)11-12-16(15)17;1-11-9-7-12-14-13-10(9)8-5-3-2-4-6-8/h11-12,17H,4-10H2,1-3H3;2-7H,1H3,(H,11,14). The van der Waals surface area contributed by atoms with Gasteiger partial charge in [0, 0.05) is 12.6 Å². The average Bonchev–Trinajstić information content (AvgIpc) is 2.83. The summed E-state index contributed by atoms with van der Waals surface area (Å²) in [7, 11) is 1.84. The highest BCUT2D eigenvalue weighted by molar-refractivity contribution is 5.72. The highest BCUT2D eigenvalue weighted by Crippen LogP contribution is 2.27. The van der Waals surface area contributed by atoms with Gasteiger partial charge in [-0.2, -0.15) is 0 Å². The Bertz CT molecular complexity index is 913. The molecule has 31 heavy (non-hydrogen) atoms. The molecule has 0 aliphatic carbocycles. The molecule has 3 aromatic rings. The number of hydrogen-bond donors (Lipinski definition) is 2. The number of hydrogen-bond acceptors (Lipinski definition) is 5. The minimum absolute atomic E-state index is 0.496. The topological polar surface area (TPSA) is 70.9 Å². The van der Waals surface area contributed by atoms with E-state index in [0.717, 1.165) is 36.2 Å². The molecule has 0 fully saturated rings. The van der Waals surface area contributed by atoms with Gasteiger partial charge in [0.2, 0.25) is 0 Å². The first-order valence-electron chi connectivity index (χ1n) is 11.4. The van der Waals surface area contributed by atoms with Crippen molar-refractivity contribution in [3.05, 3.63) is 65.4 Å². The Balaban J connectivity index is 0.000000224. The molecular weight excluding hydrogens is 384 g/mol. The molecule has 166 valence electrons. The number of phenols is 1. The van der Waals surface area contributed by atoms with Crippen LogP contribution in [-0.2, 0) is 19.3 Å². The van der Waals surface area contributed by atoms with E-state index >= 15 is 0 Å². The van der Waals surface area contributed by atoms with E-state index < -0.39 is 0 Å². The Hall–Kier alpha value is -2.95. The minimum atomic E-state index is 0.496. The second kappa shape index (κ2) is 13.4. The summed E-state index contributed by atoms with van der Waals surface area (Å²) in [4.78, 5) is 0. The zero-order valence-corrected chi connectivity index (χ0v) is 19.4. The summed E-state index contributed by atoms with van der Waals surface area (Å²) in [6, 6.07) is 13.8. The second-order valence-corrected chi connectivity index (χ2v) is 7.53. The van der Waals surface area contributed by atoms with Crippen molar-refractivity contribution in [1.82, 2.24) is 15.4 Å². The van der Waals surface area contributed by atoms with Crippen LogP contribution in [0.5, 0.6) is 5.75 Å². The molecule has 0 unspecified atom stereocenters. The Kier molecular flexibility index (Phi) is 10.5. The predicted octanol–water partition coefficient (Wildman–Crippen LogP) is 6.22. The number of aryl methyl sites for hydroxylation is 1. The number of unbranched alkanes of at least 4 members (excludes halogenated alkanes) is 3. The number of nitrogens with zero attached hydrogens (tertiary/aromatic N) is 3. The highest BCUT2D eigenvalue weighted by Gasteiger charge is 2.10. The van der Waals surface area contributed by atoms with Gasteiger partial charge in [0.15, 0.2) is 0 Å². The normalized spacial score (nSPS) is 10.3. The quantitative estimate of drug-likeness (QED) is 0.402. The molecule has 0 atom stereocenters. The van der Waals surface area contributed by atoms with Crippen molar-refractivity contribution in [2.75, 3.05) is 12.4 Å². The molecule has 0 amide bonds. The molecule has 0 aliphatic rings. The van der Waals surface area contributed by atoms with Crippen LogP contribution in [0.2, 0.25) is 0 Å². The lowest BCUT2D eigenvalue weighted by Gasteiger charge is -2.14. The van der Waals surface area contributed by atoms with Gasteiger partial charge in [-0.1, -0.05) is 76.4 Å². The van der Waals surface area contributed by atoms with E-state index in [1.165, 1.54) is 42.4 Å². The van der Waals surface area contributed by atoms with Crippen molar-refractivity contribution in [3.63, 3.8) is 0 Å². The Labute approximate surface area is 187 Å². The maximum atomic E-state index is 10.00. The molecule has 2 aromatic carbocycles. The number of anilines is 1. The van der Waals surface area contributed by atoms with Crippen LogP contribution < -0.4 is 5.32 Å². The molecule has 2 N–H and O–H groups in total. The summed E-state index contributed by atoms with van der Waals surface area (Å²) in [5.74, 6) is 0.496. The van der Waals surface area contributed by atoms with E-state index in [4.69, 9.17) is 0 Å². The molecule has 1 heterocycles. The van der Waals surface area contributed by atoms with Crippen LogP contribution in [-0.4, -0.2) is 27.6 Å². The largest absolute Gasteiger partial charge is 0.508 e. The molecular formula is C26H36N4O. The summed E-state index contributed by atoms with van der Waals surface area (Å²) in [6.07, 6.45) is 9.82. The first-order valence-corrected chi connectivity index (χ1v) is 11.4. The monoisotopic (exact) mass is 420 g/mol. The van der Waals surface area contributed by atoms with Crippen LogP contribution in [0.1, 0.15) is 63.1 Å². The third-order valence-corrected chi connectivity index (χ3v) is 5.47. The van der Waals surface area contributed by atoms with E-state index in [0.29, 0.717) is 5.75 Å². The predicted molar refractivity (Wildman–Crippen MR) is 130 cm³/mol. The van der Waals surface area contributed by atoms with Crippen LogP contribution >= 0.6 is 0 Å². The van der Waals surface area contributed by atoms with Gasteiger partial charge in [-0.25, -0.2) is 0 Å². The van der Waals surface area contributed by atoms with Crippen molar-refractivity contribution in [1.29, 1.82) is 0 Å². The average molecular weight is 421 g/mol. The van der Waals surface area contributed by atoms with E-state index in [2.05, 4.69) is 47.6 Å². The summed E-state index contributed by atoms with van der Waals surface area (Å²) < 4.78 is 0. The molecule has 1 aromatic heterocycles. The highest BCUT2D eigenvalue weighted by atomic mass is 16.3. The number of phenolic OH excluding ortho intramolecular Hbond substituents is 1. The number of rotatable bonds is 9. The SMILES string of the molecule is CCCCCCc1c(O)ccc(CC)c1CC.CNc1cnnnc1-c1ccccc1. The van der Waals surface area contributed by atoms with E-state index in [9.17, 15) is 5.11 Å². The first kappa shape index (κ1) is 24.3. The van der Waals surface area contributed by atoms with Gasteiger partial charge < -0.3 is 10.4 Å². The van der Waals surface area contributed by atoms with Crippen LogP contribution in [0.25, 0.3) is 11.3 Å². The van der Waals surface area contributed by atoms with Gasteiger partial charge >= 0.3 is 0 Å². The Morgan fingerprint density at radius 2 is 1.65 bits per heavy atom. The maximum absolute atomic E-state index is 10.00. The summed E-state index contributed by atoms with van der Waals surface area (Å²) in [5.41, 5.74) is 6.71. The van der Waals surface area contributed by atoms with Crippen molar-refractivity contribution in [2.24, 2.45) is 0 Å². The van der Waals surface area contributed by atoms with Gasteiger partial charge in [0.25, 0.3) is 0 Å². The fourth-order valence-electron chi connectivity index (χ4n) is 3.77. The van der Waals surface area contributed by atoms with Gasteiger partial charge in [-0.05, 0) is 53.7 Å². The number of benzene rings is 2. The number of aromatic nitrogens is 3. The summed E-state index contributed by atoms with van der Waals surface area (Å²) in [6.45, 7) is 6.60. The van der Waals surface area contributed by atoms with Crippen LogP contribution in [0.4, 0.5) is 5.69 Å². The lowest BCUT2D eigenvalue weighted by Crippen LogP contribution is -1.99. The zero-order valence-electron chi connectivity index (χ0n) is 19.4. The smallest absolute Gasteiger partial charge is 0.119 e.